The van der Waals surface area contributed by atoms with Crippen molar-refractivity contribution >= 4 is 5.97 Å². The predicted molar refractivity (Wildman–Crippen MR) is 210 cm³/mol. The molecule has 0 heterocycles. The number of rotatable bonds is 37. The minimum Gasteiger partial charge on any atom is -0.466 e. The smallest absolute Gasteiger partial charge is 0.305 e. The first-order chi connectivity index (χ1) is 23.1. The number of esters is 1. The molecule has 0 saturated carbocycles. The van der Waals surface area contributed by atoms with Crippen molar-refractivity contribution in [1.82, 2.24) is 0 Å². The van der Waals surface area contributed by atoms with Gasteiger partial charge in [0.1, 0.15) is 0 Å². The van der Waals surface area contributed by atoms with Crippen LogP contribution in [0.5, 0.6) is 0 Å². The number of hydrogen-bond donors (Lipinski definition) is 1. The van der Waals surface area contributed by atoms with Gasteiger partial charge in [-0.2, -0.15) is 0 Å². The SMILES string of the molecule is CCCCCCCCC=CCCCCCCCC(=O)OCC.CCCCCCCCCCCCCC(O)CCCCCCCCCC. The zero-order valence-corrected chi connectivity index (χ0v) is 33.0. The van der Waals surface area contributed by atoms with Crippen molar-refractivity contribution in [3.8, 4) is 0 Å². The van der Waals surface area contributed by atoms with E-state index in [0.717, 1.165) is 25.7 Å². The lowest BCUT2D eigenvalue weighted by Gasteiger charge is -2.10. The van der Waals surface area contributed by atoms with Gasteiger partial charge in [-0.3, -0.25) is 4.79 Å². The number of aliphatic hydroxyl groups excluding tert-OH is 1. The molecule has 47 heavy (non-hydrogen) atoms. The van der Waals surface area contributed by atoms with E-state index >= 15 is 0 Å². The number of unbranched alkanes of at least 4 members (excludes halogenated alkanes) is 28. The molecule has 0 aromatic heterocycles. The average Bonchev–Trinajstić information content (AvgIpc) is 3.07. The van der Waals surface area contributed by atoms with Crippen LogP contribution in [-0.4, -0.2) is 23.8 Å². The molecule has 0 radical (unpaired) electrons. The molecule has 3 nitrogen and oxygen atoms in total. The van der Waals surface area contributed by atoms with Gasteiger partial charge in [0.2, 0.25) is 0 Å². The third-order valence-electron chi connectivity index (χ3n) is 9.48. The fourth-order valence-corrected chi connectivity index (χ4v) is 6.28. The van der Waals surface area contributed by atoms with Crippen LogP contribution in [0.2, 0.25) is 0 Å². The second-order valence-electron chi connectivity index (χ2n) is 14.4. The van der Waals surface area contributed by atoms with Gasteiger partial charge >= 0.3 is 5.97 Å². The van der Waals surface area contributed by atoms with E-state index in [1.807, 2.05) is 6.92 Å². The maximum Gasteiger partial charge on any atom is 0.305 e. The van der Waals surface area contributed by atoms with Crippen molar-refractivity contribution in [3.63, 3.8) is 0 Å². The molecular weight excluding hydrogens is 576 g/mol. The van der Waals surface area contributed by atoms with Gasteiger partial charge in [0.05, 0.1) is 12.7 Å². The molecule has 0 bridgehead atoms. The summed E-state index contributed by atoms with van der Waals surface area (Å²) in [6, 6.07) is 0. The monoisotopic (exact) mass is 665 g/mol. The first-order valence-electron chi connectivity index (χ1n) is 21.6. The predicted octanol–water partition coefficient (Wildman–Crippen LogP) is 15.2. The summed E-state index contributed by atoms with van der Waals surface area (Å²) < 4.78 is 4.91. The number of allylic oxidation sites excluding steroid dienone is 2. The van der Waals surface area contributed by atoms with Gasteiger partial charge in [0.25, 0.3) is 0 Å². The largest absolute Gasteiger partial charge is 0.466 e. The Bertz CT molecular complexity index is 587. The second-order valence-corrected chi connectivity index (χ2v) is 14.4. The van der Waals surface area contributed by atoms with Gasteiger partial charge < -0.3 is 9.84 Å². The zero-order chi connectivity index (χ0) is 34.7. The van der Waals surface area contributed by atoms with E-state index in [-0.39, 0.29) is 12.1 Å². The molecule has 0 amide bonds. The van der Waals surface area contributed by atoms with E-state index in [9.17, 15) is 9.90 Å². The first kappa shape index (κ1) is 48.3. The molecule has 1 atom stereocenters. The fraction of sp³-hybridized carbons (Fsp3) is 0.932. The standard InChI is InChI=1S/C24H50O.C20H38O2/c1-3-5-7-9-11-13-14-15-17-19-21-23-24(25)22-20-18-16-12-10-8-6-4-2;1-3-5-6-7-8-9-10-11-12-13-14-15-16-17-18-19-20(21)22-4-2/h24-25H,3-23H2,1-2H3;11-12H,3-10,13-19H2,1-2H3. The van der Waals surface area contributed by atoms with E-state index in [2.05, 4.69) is 32.9 Å². The lowest BCUT2D eigenvalue weighted by molar-refractivity contribution is -0.143. The van der Waals surface area contributed by atoms with Crippen LogP contribution in [0.4, 0.5) is 0 Å². The number of carbonyl (C=O) groups excluding carboxylic acids is 1. The van der Waals surface area contributed by atoms with Crippen molar-refractivity contribution in [2.75, 3.05) is 6.61 Å². The molecule has 0 aromatic rings. The molecule has 1 N–H and O–H groups in total. The third kappa shape index (κ3) is 47.3. The quantitative estimate of drug-likeness (QED) is 0.0408. The summed E-state index contributed by atoms with van der Waals surface area (Å²) in [6.07, 6.45) is 50.2. The van der Waals surface area contributed by atoms with Crippen molar-refractivity contribution in [1.29, 1.82) is 0 Å². The van der Waals surface area contributed by atoms with Crippen molar-refractivity contribution in [2.24, 2.45) is 0 Å². The molecule has 0 rings (SSSR count). The Kier molecular flexibility index (Phi) is 46.4. The Morgan fingerprint density at radius 3 is 1.09 bits per heavy atom. The van der Waals surface area contributed by atoms with Gasteiger partial charge in [-0.05, 0) is 51.9 Å². The topological polar surface area (TPSA) is 46.5 Å². The minimum absolute atomic E-state index is 0.0290. The summed E-state index contributed by atoms with van der Waals surface area (Å²) in [5, 5.41) is 10.1. The molecule has 0 aromatic carbocycles. The summed E-state index contributed by atoms with van der Waals surface area (Å²) in [5.74, 6) is -0.0415. The van der Waals surface area contributed by atoms with Crippen LogP contribution in [0.15, 0.2) is 12.2 Å². The summed E-state index contributed by atoms with van der Waals surface area (Å²) in [6.45, 7) is 9.19. The maximum atomic E-state index is 11.1. The minimum atomic E-state index is -0.0415. The van der Waals surface area contributed by atoms with E-state index < -0.39 is 0 Å². The van der Waals surface area contributed by atoms with Gasteiger partial charge in [0, 0.05) is 6.42 Å². The zero-order valence-electron chi connectivity index (χ0n) is 33.0. The second kappa shape index (κ2) is 45.2. The molecule has 3 heteroatoms. The lowest BCUT2D eigenvalue weighted by atomic mass is 10.0. The lowest BCUT2D eigenvalue weighted by Crippen LogP contribution is -2.05. The van der Waals surface area contributed by atoms with Gasteiger partial charge in [0.15, 0.2) is 0 Å². The Balaban J connectivity index is 0. The Morgan fingerprint density at radius 1 is 0.447 bits per heavy atom. The van der Waals surface area contributed by atoms with Crippen LogP contribution in [-0.2, 0) is 9.53 Å². The highest BCUT2D eigenvalue weighted by Crippen LogP contribution is 2.16. The molecule has 0 aliphatic rings. The highest BCUT2D eigenvalue weighted by Gasteiger charge is 2.04. The van der Waals surface area contributed by atoms with E-state index in [1.165, 1.54) is 193 Å². The number of ether oxygens (including phenoxy) is 1. The summed E-state index contributed by atoms with van der Waals surface area (Å²) >= 11 is 0. The van der Waals surface area contributed by atoms with E-state index in [0.29, 0.717) is 13.0 Å². The summed E-state index contributed by atoms with van der Waals surface area (Å²) in [4.78, 5) is 11.1. The fourth-order valence-electron chi connectivity index (χ4n) is 6.28. The van der Waals surface area contributed by atoms with Crippen molar-refractivity contribution < 1.29 is 14.6 Å². The molecule has 282 valence electrons. The number of carbonyl (C=O) groups is 1. The summed E-state index contributed by atoms with van der Waals surface area (Å²) in [5.41, 5.74) is 0. The highest BCUT2D eigenvalue weighted by atomic mass is 16.5. The number of hydrogen-bond acceptors (Lipinski definition) is 3. The molecular formula is C44H88O3. The average molecular weight is 665 g/mol. The van der Waals surface area contributed by atoms with Crippen LogP contribution in [0.1, 0.15) is 252 Å². The first-order valence-corrected chi connectivity index (χ1v) is 21.6. The molecule has 0 aliphatic carbocycles. The van der Waals surface area contributed by atoms with E-state index in [1.54, 1.807) is 0 Å². The van der Waals surface area contributed by atoms with Gasteiger partial charge in [-0.25, -0.2) is 0 Å². The van der Waals surface area contributed by atoms with Crippen LogP contribution in [0, 0.1) is 0 Å². The molecule has 0 fully saturated rings. The highest BCUT2D eigenvalue weighted by molar-refractivity contribution is 5.69. The van der Waals surface area contributed by atoms with Crippen LogP contribution < -0.4 is 0 Å². The van der Waals surface area contributed by atoms with Crippen LogP contribution >= 0.6 is 0 Å². The third-order valence-corrected chi connectivity index (χ3v) is 9.48. The Hall–Kier alpha value is -0.830. The Labute approximate surface area is 297 Å². The van der Waals surface area contributed by atoms with Gasteiger partial charge in [-0.1, -0.05) is 206 Å². The van der Waals surface area contributed by atoms with Crippen molar-refractivity contribution in [2.45, 2.75) is 259 Å². The molecule has 0 spiro atoms. The summed E-state index contributed by atoms with van der Waals surface area (Å²) in [7, 11) is 0. The molecule has 1 unspecified atom stereocenters. The van der Waals surface area contributed by atoms with E-state index in [4.69, 9.17) is 4.74 Å². The normalized spacial score (nSPS) is 11.9. The maximum absolute atomic E-state index is 11.1. The molecule has 0 aliphatic heterocycles. The van der Waals surface area contributed by atoms with Gasteiger partial charge in [-0.15, -0.1) is 0 Å². The molecule has 0 saturated heterocycles. The number of aliphatic hydroxyl groups is 1. The van der Waals surface area contributed by atoms with Crippen LogP contribution in [0.25, 0.3) is 0 Å². The Morgan fingerprint density at radius 2 is 0.745 bits per heavy atom. The van der Waals surface area contributed by atoms with Crippen LogP contribution in [0.3, 0.4) is 0 Å². The van der Waals surface area contributed by atoms with Crippen molar-refractivity contribution in [3.05, 3.63) is 12.2 Å².